The number of nitrogens with zero attached hydrogens (tertiary/aromatic N) is 3. The lowest BCUT2D eigenvalue weighted by Crippen LogP contribution is -2.41. The Labute approximate surface area is 128 Å². The lowest BCUT2D eigenvalue weighted by Gasteiger charge is -2.26. The van der Waals surface area contributed by atoms with Crippen molar-refractivity contribution in [2.24, 2.45) is 0 Å². The Morgan fingerprint density at radius 3 is 2.90 bits per heavy atom. The Bertz CT molecular complexity index is 591. The van der Waals surface area contributed by atoms with Gasteiger partial charge in [-0.2, -0.15) is 4.31 Å². The van der Waals surface area contributed by atoms with Gasteiger partial charge in [-0.3, -0.25) is 0 Å². The molecule has 1 aromatic rings. The summed E-state index contributed by atoms with van der Waals surface area (Å²) in [5.74, 6) is 0.0451. The summed E-state index contributed by atoms with van der Waals surface area (Å²) in [6, 6.07) is 1.51. The number of anilines is 1. The van der Waals surface area contributed by atoms with E-state index in [4.69, 9.17) is 5.73 Å². The highest BCUT2D eigenvalue weighted by molar-refractivity contribution is 9.10. The number of hydrogen-bond acceptors (Lipinski definition) is 5. The molecule has 1 unspecified atom stereocenters. The highest BCUT2D eigenvalue weighted by atomic mass is 79.9. The van der Waals surface area contributed by atoms with E-state index in [1.807, 2.05) is 19.0 Å². The van der Waals surface area contributed by atoms with Gasteiger partial charge in [-0.1, -0.05) is 0 Å². The van der Waals surface area contributed by atoms with Gasteiger partial charge < -0.3 is 10.6 Å². The highest BCUT2D eigenvalue weighted by Crippen LogP contribution is 2.29. The maximum Gasteiger partial charge on any atom is 0.247 e. The minimum atomic E-state index is -3.60. The van der Waals surface area contributed by atoms with Gasteiger partial charge in [0.05, 0.1) is 0 Å². The molecule has 2 N–H and O–H groups in total. The third kappa shape index (κ3) is 3.13. The molecule has 1 aromatic heterocycles. The van der Waals surface area contributed by atoms with Crippen molar-refractivity contribution >= 4 is 31.8 Å². The number of sulfonamides is 1. The highest BCUT2D eigenvalue weighted by Gasteiger charge is 2.36. The molecular formula is C12H19BrN4O2S. The van der Waals surface area contributed by atoms with Crippen LogP contribution in [0.5, 0.6) is 0 Å². The molecule has 6 nitrogen and oxygen atoms in total. The van der Waals surface area contributed by atoms with Crippen molar-refractivity contribution in [3.05, 3.63) is 16.7 Å². The van der Waals surface area contributed by atoms with Gasteiger partial charge in [0.25, 0.3) is 0 Å². The van der Waals surface area contributed by atoms with E-state index in [2.05, 4.69) is 20.9 Å². The van der Waals surface area contributed by atoms with Crippen molar-refractivity contribution in [3.8, 4) is 0 Å². The molecule has 0 radical (unpaired) electrons. The summed E-state index contributed by atoms with van der Waals surface area (Å²) >= 11 is 3.24. The van der Waals surface area contributed by atoms with Crippen LogP contribution in [0.2, 0.25) is 0 Å². The summed E-state index contributed by atoms with van der Waals surface area (Å²) < 4.78 is 27.7. The van der Waals surface area contributed by atoms with Gasteiger partial charge in [0.1, 0.15) is 10.7 Å². The second-order valence-electron chi connectivity index (χ2n) is 5.21. The molecule has 1 saturated heterocycles. The zero-order valence-corrected chi connectivity index (χ0v) is 14.0. The first kappa shape index (κ1) is 15.7. The maximum atomic E-state index is 12.8. The second-order valence-corrected chi connectivity index (χ2v) is 7.99. The minimum absolute atomic E-state index is 0.00613. The minimum Gasteiger partial charge on any atom is -0.383 e. The summed E-state index contributed by atoms with van der Waals surface area (Å²) in [6.07, 6.45) is 3.24. The first-order chi connectivity index (χ1) is 9.32. The SMILES string of the molecule is CN(C)CC1CCCN1S(=O)(=O)c1cc(Br)cnc1N. The molecule has 1 atom stereocenters. The zero-order chi connectivity index (χ0) is 14.9. The van der Waals surface area contributed by atoms with Crippen molar-refractivity contribution in [1.29, 1.82) is 0 Å². The van der Waals surface area contributed by atoms with Crippen molar-refractivity contribution in [3.63, 3.8) is 0 Å². The standard InChI is InChI=1S/C12H19BrN4O2S/c1-16(2)8-10-4-3-5-17(10)20(18,19)11-6-9(13)7-15-12(11)14/h6-7,10H,3-5,8H2,1-2H3,(H2,14,15). The van der Waals surface area contributed by atoms with E-state index in [-0.39, 0.29) is 16.8 Å². The Kier molecular flexibility index (Phi) is 4.68. The molecule has 1 aliphatic heterocycles. The number of halogens is 1. The quantitative estimate of drug-likeness (QED) is 0.868. The average Bonchev–Trinajstić information content (AvgIpc) is 2.80. The number of aromatic nitrogens is 1. The maximum absolute atomic E-state index is 12.8. The van der Waals surface area contributed by atoms with E-state index >= 15 is 0 Å². The number of rotatable bonds is 4. The average molecular weight is 363 g/mol. The molecular weight excluding hydrogens is 344 g/mol. The third-order valence-electron chi connectivity index (χ3n) is 3.33. The molecule has 2 heterocycles. The molecule has 8 heteroatoms. The molecule has 0 bridgehead atoms. The fourth-order valence-electron chi connectivity index (χ4n) is 2.49. The summed E-state index contributed by atoms with van der Waals surface area (Å²) in [4.78, 5) is 6.00. The van der Waals surface area contributed by atoms with Crippen LogP contribution in [0.15, 0.2) is 21.6 Å². The Morgan fingerprint density at radius 2 is 2.25 bits per heavy atom. The van der Waals surface area contributed by atoms with Gasteiger partial charge in [-0.25, -0.2) is 13.4 Å². The van der Waals surface area contributed by atoms with Crippen LogP contribution >= 0.6 is 15.9 Å². The number of nitrogens with two attached hydrogens (primary N) is 1. The van der Waals surface area contributed by atoms with Gasteiger partial charge in [0, 0.05) is 29.8 Å². The van der Waals surface area contributed by atoms with Crippen LogP contribution in [0.25, 0.3) is 0 Å². The number of likely N-dealkylation sites (N-methyl/N-ethyl adjacent to an activating group) is 1. The van der Waals surface area contributed by atoms with Crippen molar-refractivity contribution < 1.29 is 8.42 Å². The lowest BCUT2D eigenvalue weighted by atomic mass is 10.2. The molecule has 20 heavy (non-hydrogen) atoms. The molecule has 2 rings (SSSR count). The number of hydrogen-bond donors (Lipinski definition) is 1. The first-order valence-electron chi connectivity index (χ1n) is 6.40. The van der Waals surface area contributed by atoms with Gasteiger partial charge in [-0.15, -0.1) is 0 Å². The topological polar surface area (TPSA) is 79.5 Å². The first-order valence-corrected chi connectivity index (χ1v) is 8.63. The van der Waals surface area contributed by atoms with E-state index in [1.54, 1.807) is 4.31 Å². The van der Waals surface area contributed by atoms with E-state index in [9.17, 15) is 8.42 Å². The summed E-state index contributed by atoms with van der Waals surface area (Å²) in [6.45, 7) is 1.24. The molecule has 112 valence electrons. The Morgan fingerprint density at radius 1 is 1.55 bits per heavy atom. The van der Waals surface area contributed by atoms with Crippen LogP contribution in [-0.2, 0) is 10.0 Å². The van der Waals surface area contributed by atoms with Crippen LogP contribution in [0, 0.1) is 0 Å². The molecule has 0 aromatic carbocycles. The Balaban J connectivity index is 2.36. The largest absolute Gasteiger partial charge is 0.383 e. The van der Waals surface area contributed by atoms with Crippen molar-refractivity contribution in [2.75, 3.05) is 32.9 Å². The molecule has 0 spiro atoms. The monoisotopic (exact) mass is 362 g/mol. The fraction of sp³-hybridized carbons (Fsp3) is 0.583. The number of pyridine rings is 1. The predicted octanol–water partition coefficient (Wildman–Crippen LogP) is 1.14. The lowest BCUT2D eigenvalue weighted by molar-refractivity contribution is 0.291. The van der Waals surface area contributed by atoms with Gasteiger partial charge in [0.2, 0.25) is 10.0 Å². The van der Waals surface area contributed by atoms with Crippen LogP contribution in [0.3, 0.4) is 0 Å². The summed E-state index contributed by atoms with van der Waals surface area (Å²) in [7, 11) is 0.288. The fourth-order valence-corrected chi connectivity index (χ4v) is 4.76. The smallest absolute Gasteiger partial charge is 0.247 e. The van der Waals surface area contributed by atoms with Crippen molar-refractivity contribution in [2.45, 2.75) is 23.8 Å². The normalized spacial score (nSPS) is 20.7. The van der Waals surface area contributed by atoms with E-state index in [0.29, 0.717) is 17.6 Å². The van der Waals surface area contributed by atoms with Gasteiger partial charge in [-0.05, 0) is 48.9 Å². The van der Waals surface area contributed by atoms with Crippen LogP contribution in [0.1, 0.15) is 12.8 Å². The zero-order valence-electron chi connectivity index (χ0n) is 11.6. The Hall–Kier alpha value is -0.700. The van der Waals surface area contributed by atoms with Crippen molar-refractivity contribution in [1.82, 2.24) is 14.2 Å². The predicted molar refractivity (Wildman–Crippen MR) is 81.8 cm³/mol. The van der Waals surface area contributed by atoms with E-state index < -0.39 is 10.0 Å². The van der Waals surface area contributed by atoms with E-state index in [0.717, 1.165) is 12.8 Å². The molecule has 0 amide bonds. The molecule has 1 fully saturated rings. The van der Waals surface area contributed by atoms with E-state index in [1.165, 1.54) is 12.3 Å². The summed E-state index contributed by atoms with van der Waals surface area (Å²) in [5, 5.41) is 0. The van der Waals surface area contributed by atoms with Crippen LogP contribution in [-0.4, -0.2) is 55.8 Å². The molecule has 1 aliphatic rings. The second kappa shape index (κ2) is 5.97. The van der Waals surface area contributed by atoms with Crippen LogP contribution < -0.4 is 5.73 Å². The van der Waals surface area contributed by atoms with Gasteiger partial charge in [0.15, 0.2) is 0 Å². The molecule has 0 aliphatic carbocycles. The van der Waals surface area contributed by atoms with Crippen LogP contribution in [0.4, 0.5) is 5.82 Å². The number of nitrogen functional groups attached to an aromatic ring is 1. The third-order valence-corrected chi connectivity index (χ3v) is 5.75. The summed E-state index contributed by atoms with van der Waals surface area (Å²) in [5.41, 5.74) is 5.74. The van der Waals surface area contributed by atoms with Gasteiger partial charge >= 0.3 is 0 Å². The molecule has 0 saturated carbocycles.